The lowest BCUT2D eigenvalue weighted by atomic mass is 10.3. The van der Waals surface area contributed by atoms with Crippen LogP contribution in [0.4, 0.5) is 0 Å². The zero-order chi connectivity index (χ0) is 15.2. The molecule has 0 bridgehead atoms. The number of rotatable bonds is 12. The van der Waals surface area contributed by atoms with Crippen LogP contribution in [0.3, 0.4) is 0 Å². The molecule has 0 saturated heterocycles. The first-order chi connectivity index (χ1) is 10.4. The van der Waals surface area contributed by atoms with E-state index in [1.165, 1.54) is 6.42 Å². The summed E-state index contributed by atoms with van der Waals surface area (Å²) in [6.45, 7) is 5.93. The lowest BCUT2D eigenvalue weighted by Gasteiger charge is -2.10. The maximum absolute atomic E-state index is 5.66. The molecule has 4 heteroatoms. The lowest BCUT2D eigenvalue weighted by molar-refractivity contribution is 0.159. The molecule has 1 aromatic carbocycles. The number of hydrogen-bond donors (Lipinski definition) is 1. The van der Waals surface area contributed by atoms with Crippen molar-refractivity contribution < 1.29 is 14.2 Å². The molecule has 4 nitrogen and oxygen atoms in total. The summed E-state index contributed by atoms with van der Waals surface area (Å²) in [5, 5.41) is 3.29. The molecular weight excluding hydrogens is 266 g/mol. The van der Waals surface area contributed by atoms with Crippen LogP contribution in [0, 0.1) is 0 Å². The van der Waals surface area contributed by atoms with Crippen molar-refractivity contribution in [3.63, 3.8) is 0 Å². The Bertz CT molecular complexity index is 393. The highest BCUT2D eigenvalue weighted by molar-refractivity contribution is 5.39. The van der Waals surface area contributed by atoms with E-state index in [1.54, 1.807) is 7.11 Å². The van der Waals surface area contributed by atoms with Crippen LogP contribution in [0.5, 0.6) is 11.5 Å². The molecule has 21 heavy (non-hydrogen) atoms. The van der Waals surface area contributed by atoms with Crippen molar-refractivity contribution >= 4 is 0 Å². The number of nitrogens with one attached hydrogen (secondary N) is 1. The average Bonchev–Trinajstić information content (AvgIpc) is 2.53. The van der Waals surface area contributed by atoms with Gasteiger partial charge in [-0.2, -0.15) is 0 Å². The summed E-state index contributed by atoms with van der Waals surface area (Å²) in [4.78, 5) is 0. The average molecular weight is 293 g/mol. The Morgan fingerprint density at radius 3 is 2.67 bits per heavy atom. The second-order valence-electron chi connectivity index (χ2n) is 4.60. The van der Waals surface area contributed by atoms with E-state index in [9.17, 15) is 0 Å². The van der Waals surface area contributed by atoms with E-state index >= 15 is 0 Å². The van der Waals surface area contributed by atoms with Gasteiger partial charge in [-0.25, -0.2) is 0 Å². The number of methoxy groups -OCH3 is 1. The minimum absolute atomic E-state index is 0.612. The van der Waals surface area contributed by atoms with Gasteiger partial charge in [0.05, 0.1) is 13.7 Å². The van der Waals surface area contributed by atoms with Gasteiger partial charge in [-0.05, 0) is 18.6 Å². The Balaban J connectivity index is 2.00. The van der Waals surface area contributed by atoms with E-state index in [-0.39, 0.29) is 0 Å². The molecule has 0 spiro atoms. The molecule has 0 fully saturated rings. The van der Waals surface area contributed by atoms with Gasteiger partial charge in [0.25, 0.3) is 0 Å². The Kier molecular flexibility index (Phi) is 10.2. The monoisotopic (exact) mass is 293 g/mol. The number of hydrogen-bond acceptors (Lipinski definition) is 4. The smallest absolute Gasteiger partial charge is 0.161 e. The normalized spacial score (nSPS) is 11.0. The Morgan fingerprint density at radius 1 is 1.10 bits per heavy atom. The Hall–Kier alpha value is -1.52. The van der Waals surface area contributed by atoms with E-state index in [1.807, 2.05) is 30.3 Å². The molecular formula is C17H27NO3. The highest BCUT2D eigenvalue weighted by atomic mass is 16.5. The molecule has 0 heterocycles. The van der Waals surface area contributed by atoms with Gasteiger partial charge in [0.1, 0.15) is 6.61 Å². The Labute approximate surface area is 128 Å². The molecule has 0 amide bonds. The number of ether oxygens (including phenoxy) is 3. The molecule has 0 aliphatic heterocycles. The molecule has 1 rings (SSSR count). The molecule has 1 N–H and O–H groups in total. The predicted molar refractivity (Wildman–Crippen MR) is 86.2 cm³/mol. The molecule has 0 aliphatic carbocycles. The van der Waals surface area contributed by atoms with E-state index in [0.717, 1.165) is 37.6 Å². The summed E-state index contributed by atoms with van der Waals surface area (Å²) >= 11 is 0. The fourth-order valence-corrected chi connectivity index (χ4v) is 1.71. The third kappa shape index (κ3) is 8.38. The SMILES string of the molecule is CCCCOC/C=C/CNCCOc1ccccc1OC. The second kappa shape index (κ2) is 12.2. The van der Waals surface area contributed by atoms with Crippen LogP contribution in [0.15, 0.2) is 36.4 Å². The summed E-state index contributed by atoms with van der Waals surface area (Å²) < 4.78 is 16.3. The second-order valence-corrected chi connectivity index (χ2v) is 4.60. The first kappa shape index (κ1) is 17.5. The van der Waals surface area contributed by atoms with E-state index < -0.39 is 0 Å². The van der Waals surface area contributed by atoms with E-state index in [0.29, 0.717) is 13.2 Å². The van der Waals surface area contributed by atoms with Gasteiger partial charge in [0, 0.05) is 19.7 Å². The maximum atomic E-state index is 5.66. The fraction of sp³-hybridized carbons (Fsp3) is 0.529. The van der Waals surface area contributed by atoms with Gasteiger partial charge in [-0.1, -0.05) is 37.6 Å². The predicted octanol–water partition coefficient (Wildman–Crippen LogP) is 3.04. The van der Waals surface area contributed by atoms with Crippen LogP contribution >= 0.6 is 0 Å². The first-order valence-corrected chi connectivity index (χ1v) is 7.57. The fourth-order valence-electron chi connectivity index (χ4n) is 1.71. The Morgan fingerprint density at radius 2 is 1.90 bits per heavy atom. The van der Waals surface area contributed by atoms with Crippen molar-refractivity contribution in [2.75, 3.05) is 40.0 Å². The van der Waals surface area contributed by atoms with E-state index in [2.05, 4.69) is 18.3 Å². The highest BCUT2D eigenvalue weighted by Gasteiger charge is 2.00. The molecule has 0 atom stereocenters. The maximum Gasteiger partial charge on any atom is 0.161 e. The van der Waals surface area contributed by atoms with Crippen LogP contribution in [0.25, 0.3) is 0 Å². The molecule has 0 aromatic heterocycles. The van der Waals surface area contributed by atoms with Crippen LogP contribution < -0.4 is 14.8 Å². The molecule has 0 radical (unpaired) electrons. The minimum atomic E-state index is 0.612. The first-order valence-electron chi connectivity index (χ1n) is 7.57. The minimum Gasteiger partial charge on any atom is -0.493 e. The molecule has 1 aromatic rings. The van der Waals surface area contributed by atoms with Crippen LogP contribution in [-0.4, -0.2) is 40.0 Å². The number of para-hydroxylation sites is 2. The van der Waals surface area contributed by atoms with E-state index in [4.69, 9.17) is 14.2 Å². The molecule has 0 aliphatic rings. The van der Waals surface area contributed by atoms with Gasteiger partial charge in [-0.15, -0.1) is 0 Å². The third-order valence-corrected chi connectivity index (χ3v) is 2.89. The van der Waals surface area contributed by atoms with Gasteiger partial charge in [-0.3, -0.25) is 0 Å². The summed E-state index contributed by atoms with van der Waals surface area (Å²) in [5.41, 5.74) is 0. The molecule has 118 valence electrons. The van der Waals surface area contributed by atoms with Crippen LogP contribution in [0.1, 0.15) is 19.8 Å². The summed E-state index contributed by atoms with van der Waals surface area (Å²) in [5.74, 6) is 1.54. The summed E-state index contributed by atoms with van der Waals surface area (Å²) in [6.07, 6.45) is 6.43. The van der Waals surface area contributed by atoms with Gasteiger partial charge in [0.15, 0.2) is 11.5 Å². The highest BCUT2D eigenvalue weighted by Crippen LogP contribution is 2.25. The van der Waals surface area contributed by atoms with Crippen molar-refractivity contribution in [2.24, 2.45) is 0 Å². The van der Waals surface area contributed by atoms with Crippen LogP contribution in [-0.2, 0) is 4.74 Å². The van der Waals surface area contributed by atoms with Crippen molar-refractivity contribution in [3.05, 3.63) is 36.4 Å². The lowest BCUT2D eigenvalue weighted by Crippen LogP contribution is -2.21. The molecule has 0 saturated carbocycles. The van der Waals surface area contributed by atoms with Crippen molar-refractivity contribution in [2.45, 2.75) is 19.8 Å². The quantitative estimate of drug-likeness (QED) is 0.475. The number of unbranched alkanes of at least 4 members (excludes halogenated alkanes) is 1. The van der Waals surface area contributed by atoms with Gasteiger partial charge in [0.2, 0.25) is 0 Å². The van der Waals surface area contributed by atoms with Crippen molar-refractivity contribution in [3.8, 4) is 11.5 Å². The summed E-state index contributed by atoms with van der Waals surface area (Å²) in [7, 11) is 1.65. The van der Waals surface area contributed by atoms with Crippen molar-refractivity contribution in [1.82, 2.24) is 5.32 Å². The number of benzene rings is 1. The standard InChI is InChI=1S/C17H27NO3/c1-3-4-13-20-14-8-7-11-18-12-15-21-17-10-6-5-9-16(17)19-2/h5-10,18H,3-4,11-15H2,1-2H3/b8-7+. The third-order valence-electron chi connectivity index (χ3n) is 2.89. The largest absolute Gasteiger partial charge is 0.493 e. The topological polar surface area (TPSA) is 39.7 Å². The van der Waals surface area contributed by atoms with Gasteiger partial charge < -0.3 is 19.5 Å². The van der Waals surface area contributed by atoms with Gasteiger partial charge >= 0.3 is 0 Å². The zero-order valence-corrected chi connectivity index (χ0v) is 13.1. The van der Waals surface area contributed by atoms with Crippen molar-refractivity contribution in [1.29, 1.82) is 0 Å². The zero-order valence-electron chi connectivity index (χ0n) is 13.1. The van der Waals surface area contributed by atoms with Crippen LogP contribution in [0.2, 0.25) is 0 Å². The molecule has 0 unspecified atom stereocenters. The summed E-state index contributed by atoms with van der Waals surface area (Å²) in [6, 6.07) is 7.67.